The molecule has 0 radical (unpaired) electrons. The van der Waals surface area contributed by atoms with Crippen LogP contribution in [0.25, 0.3) is 0 Å². The minimum atomic E-state index is 0.435. The van der Waals surface area contributed by atoms with Crippen LogP contribution in [0, 0.1) is 0 Å². The van der Waals surface area contributed by atoms with E-state index in [0.717, 1.165) is 11.0 Å². The van der Waals surface area contributed by atoms with Gasteiger partial charge in [-0.05, 0) is 49.6 Å². The highest BCUT2D eigenvalue weighted by Gasteiger charge is 2.03. The first-order valence-electron chi connectivity index (χ1n) is 5.22. The molecule has 0 bridgehead atoms. The third-order valence-electron chi connectivity index (χ3n) is 2.32. The van der Waals surface area contributed by atoms with Crippen LogP contribution in [0.1, 0.15) is 24.9 Å². The van der Waals surface area contributed by atoms with Gasteiger partial charge in [0.25, 0.3) is 0 Å². The van der Waals surface area contributed by atoms with Gasteiger partial charge in [-0.15, -0.1) is 0 Å². The molecule has 1 aromatic carbocycles. The number of thioether (sulfide) groups is 1. The maximum Gasteiger partial charge on any atom is 0.0292 e. The summed E-state index contributed by atoms with van der Waals surface area (Å²) >= 11 is 5.40. The topological polar surface area (TPSA) is 12.0 Å². The van der Waals surface area contributed by atoms with Gasteiger partial charge in [0, 0.05) is 10.5 Å². The molecular formula is C12H18BrNS. The zero-order valence-electron chi connectivity index (χ0n) is 9.29. The lowest BCUT2D eigenvalue weighted by Crippen LogP contribution is -2.20. The van der Waals surface area contributed by atoms with Crippen LogP contribution in [0.15, 0.2) is 28.7 Å². The zero-order valence-corrected chi connectivity index (χ0v) is 11.7. The summed E-state index contributed by atoms with van der Waals surface area (Å²) < 4.78 is 1.15. The van der Waals surface area contributed by atoms with Crippen LogP contribution in [0.4, 0.5) is 0 Å². The Bertz CT molecular complexity index is 291. The van der Waals surface area contributed by atoms with E-state index < -0.39 is 0 Å². The van der Waals surface area contributed by atoms with Crippen molar-refractivity contribution in [1.29, 1.82) is 0 Å². The van der Waals surface area contributed by atoms with Gasteiger partial charge in [0.1, 0.15) is 0 Å². The Morgan fingerprint density at radius 1 is 1.47 bits per heavy atom. The van der Waals surface area contributed by atoms with Gasteiger partial charge >= 0.3 is 0 Å². The van der Waals surface area contributed by atoms with Crippen molar-refractivity contribution in [2.75, 3.05) is 18.6 Å². The molecule has 0 aliphatic carbocycles. The van der Waals surface area contributed by atoms with E-state index in [9.17, 15) is 0 Å². The van der Waals surface area contributed by atoms with Gasteiger partial charge in [-0.1, -0.05) is 28.1 Å². The molecule has 84 valence electrons. The summed E-state index contributed by atoms with van der Waals surface area (Å²) in [5.74, 6) is 1.23. The monoisotopic (exact) mass is 287 g/mol. The second-order valence-corrected chi connectivity index (χ2v) is 5.48. The minimum Gasteiger partial charge on any atom is -0.310 e. The molecular weight excluding hydrogens is 270 g/mol. The maximum absolute atomic E-state index is 3.53. The van der Waals surface area contributed by atoms with Crippen molar-refractivity contribution < 1.29 is 0 Å². The summed E-state index contributed by atoms with van der Waals surface area (Å²) in [4.78, 5) is 0. The third-order valence-corrected chi connectivity index (χ3v) is 3.51. The highest BCUT2D eigenvalue weighted by Crippen LogP contribution is 2.17. The van der Waals surface area contributed by atoms with Crippen LogP contribution < -0.4 is 5.32 Å². The van der Waals surface area contributed by atoms with E-state index in [0.29, 0.717) is 6.04 Å². The van der Waals surface area contributed by atoms with Crippen LogP contribution in [0.2, 0.25) is 0 Å². The quantitative estimate of drug-likeness (QED) is 0.798. The van der Waals surface area contributed by atoms with E-state index in [-0.39, 0.29) is 0 Å². The lowest BCUT2D eigenvalue weighted by atomic mass is 10.1. The number of benzene rings is 1. The van der Waals surface area contributed by atoms with Crippen LogP contribution in [0.3, 0.4) is 0 Å². The second-order valence-electron chi connectivity index (χ2n) is 3.58. The molecule has 3 heteroatoms. The Hall–Kier alpha value is 0.01000. The fourth-order valence-electron chi connectivity index (χ4n) is 1.43. The van der Waals surface area contributed by atoms with Crippen molar-refractivity contribution in [3.8, 4) is 0 Å². The standard InChI is InChI=1S/C12H18BrNS/c1-10(14-7-4-8-15-2)11-5-3-6-12(13)9-11/h3,5-6,9-10,14H,4,7-8H2,1-2H3/t10-/m1/s1. The molecule has 0 saturated heterocycles. The molecule has 1 nitrogen and oxygen atoms in total. The van der Waals surface area contributed by atoms with Crippen LogP contribution >= 0.6 is 27.7 Å². The van der Waals surface area contributed by atoms with Crippen molar-refractivity contribution in [1.82, 2.24) is 5.32 Å². The predicted octanol–water partition coefficient (Wildman–Crippen LogP) is 3.85. The smallest absolute Gasteiger partial charge is 0.0292 e. The largest absolute Gasteiger partial charge is 0.310 e. The van der Waals surface area contributed by atoms with E-state index >= 15 is 0 Å². The first kappa shape index (κ1) is 13.1. The predicted molar refractivity (Wildman–Crippen MR) is 73.6 cm³/mol. The van der Waals surface area contributed by atoms with Crippen LogP contribution in [-0.4, -0.2) is 18.6 Å². The van der Waals surface area contributed by atoms with E-state index in [1.54, 1.807) is 0 Å². The van der Waals surface area contributed by atoms with Gasteiger partial charge in [-0.2, -0.15) is 11.8 Å². The van der Waals surface area contributed by atoms with E-state index in [4.69, 9.17) is 0 Å². The Balaban J connectivity index is 2.36. The number of hydrogen-bond acceptors (Lipinski definition) is 2. The average Bonchev–Trinajstić information content (AvgIpc) is 2.24. The molecule has 0 saturated carbocycles. The molecule has 1 aromatic rings. The number of nitrogens with one attached hydrogen (secondary N) is 1. The molecule has 1 N–H and O–H groups in total. The van der Waals surface area contributed by atoms with Crippen molar-refractivity contribution in [2.24, 2.45) is 0 Å². The van der Waals surface area contributed by atoms with Gasteiger partial charge in [-0.25, -0.2) is 0 Å². The fourth-order valence-corrected chi connectivity index (χ4v) is 2.28. The maximum atomic E-state index is 3.53. The molecule has 0 heterocycles. The van der Waals surface area contributed by atoms with E-state index in [1.165, 1.54) is 17.7 Å². The number of hydrogen-bond donors (Lipinski definition) is 1. The Morgan fingerprint density at radius 3 is 2.93 bits per heavy atom. The molecule has 0 fully saturated rings. The van der Waals surface area contributed by atoms with Crippen LogP contribution in [0.5, 0.6) is 0 Å². The summed E-state index contributed by atoms with van der Waals surface area (Å²) in [6, 6.07) is 8.91. The highest BCUT2D eigenvalue weighted by atomic mass is 79.9. The average molecular weight is 288 g/mol. The first-order valence-corrected chi connectivity index (χ1v) is 7.40. The van der Waals surface area contributed by atoms with Gasteiger partial charge in [-0.3, -0.25) is 0 Å². The number of halogens is 1. The molecule has 1 atom stereocenters. The van der Waals surface area contributed by atoms with Gasteiger partial charge < -0.3 is 5.32 Å². The van der Waals surface area contributed by atoms with Crippen molar-refractivity contribution in [3.63, 3.8) is 0 Å². The van der Waals surface area contributed by atoms with Crippen molar-refractivity contribution >= 4 is 27.7 Å². The van der Waals surface area contributed by atoms with E-state index in [1.807, 2.05) is 11.8 Å². The lowest BCUT2D eigenvalue weighted by molar-refractivity contribution is 0.572. The van der Waals surface area contributed by atoms with Crippen molar-refractivity contribution in [3.05, 3.63) is 34.3 Å². The van der Waals surface area contributed by atoms with Crippen molar-refractivity contribution in [2.45, 2.75) is 19.4 Å². The molecule has 0 unspecified atom stereocenters. The molecule has 0 amide bonds. The Kier molecular flexibility index (Phi) is 6.37. The normalized spacial score (nSPS) is 12.7. The Morgan fingerprint density at radius 2 is 2.27 bits per heavy atom. The molecule has 0 aliphatic heterocycles. The molecule has 15 heavy (non-hydrogen) atoms. The summed E-state index contributed by atoms with van der Waals surface area (Å²) in [6.07, 6.45) is 3.39. The summed E-state index contributed by atoms with van der Waals surface area (Å²) in [5, 5.41) is 3.53. The summed E-state index contributed by atoms with van der Waals surface area (Å²) in [7, 11) is 0. The van der Waals surface area contributed by atoms with Gasteiger partial charge in [0.15, 0.2) is 0 Å². The highest BCUT2D eigenvalue weighted by molar-refractivity contribution is 9.10. The molecule has 1 rings (SSSR count). The lowest BCUT2D eigenvalue weighted by Gasteiger charge is -2.14. The first-order chi connectivity index (χ1) is 7.24. The SMILES string of the molecule is CSCCCN[C@H](C)c1cccc(Br)c1. The summed E-state index contributed by atoms with van der Waals surface area (Å²) in [6.45, 7) is 3.30. The molecule has 0 aliphatic rings. The van der Waals surface area contributed by atoms with Gasteiger partial charge in [0.2, 0.25) is 0 Å². The summed E-state index contributed by atoms with van der Waals surface area (Å²) in [5.41, 5.74) is 1.34. The number of rotatable bonds is 6. The van der Waals surface area contributed by atoms with Gasteiger partial charge in [0.05, 0.1) is 0 Å². The molecule has 0 aromatic heterocycles. The minimum absolute atomic E-state index is 0.435. The Labute approximate surface area is 105 Å². The fraction of sp³-hybridized carbons (Fsp3) is 0.500. The molecule has 0 spiro atoms. The van der Waals surface area contributed by atoms with E-state index in [2.05, 4.69) is 58.7 Å². The van der Waals surface area contributed by atoms with Crippen LogP contribution in [-0.2, 0) is 0 Å². The third kappa shape index (κ3) is 5.05. The zero-order chi connectivity index (χ0) is 11.1. The second kappa shape index (κ2) is 7.31.